The Bertz CT molecular complexity index is 401. The van der Waals surface area contributed by atoms with E-state index in [9.17, 15) is 13.9 Å². The van der Waals surface area contributed by atoms with Crippen LogP contribution < -0.4 is 5.32 Å². The molecule has 0 fully saturated rings. The van der Waals surface area contributed by atoms with Gasteiger partial charge in [-0.2, -0.15) is 8.78 Å². The summed E-state index contributed by atoms with van der Waals surface area (Å²) < 4.78 is 23.9. The van der Waals surface area contributed by atoms with Crippen LogP contribution in [-0.2, 0) is 5.60 Å². The van der Waals surface area contributed by atoms with Gasteiger partial charge in [0.15, 0.2) is 0 Å². The number of halogens is 2. The molecule has 0 radical (unpaired) electrons. The molecule has 1 heterocycles. The predicted molar refractivity (Wildman–Crippen MR) is 53.7 cm³/mol. The van der Waals surface area contributed by atoms with Crippen molar-refractivity contribution in [2.45, 2.75) is 12.0 Å². The van der Waals surface area contributed by atoms with Gasteiger partial charge in [0.05, 0.1) is 0 Å². The topological polar surface area (TPSA) is 32.3 Å². The zero-order valence-corrected chi connectivity index (χ0v) is 8.00. The van der Waals surface area contributed by atoms with Gasteiger partial charge in [0.25, 0.3) is 6.08 Å². The molecule has 15 heavy (non-hydrogen) atoms. The molecular formula is C11H11F2NO. The molecule has 1 aliphatic heterocycles. The Kier molecular flexibility index (Phi) is 2.44. The first kappa shape index (κ1) is 10.1. The molecule has 2 rings (SSSR count). The van der Waals surface area contributed by atoms with Crippen molar-refractivity contribution in [2.75, 3.05) is 11.9 Å². The van der Waals surface area contributed by atoms with E-state index in [2.05, 4.69) is 5.32 Å². The molecule has 80 valence electrons. The SMILES string of the molecule is OC1(CC=C(F)F)CNc2ccccc21. The number of hydrogen-bond acceptors (Lipinski definition) is 2. The summed E-state index contributed by atoms with van der Waals surface area (Å²) in [5.41, 5.74) is 0.287. The van der Waals surface area contributed by atoms with Gasteiger partial charge in [-0.1, -0.05) is 18.2 Å². The van der Waals surface area contributed by atoms with Crippen LogP contribution >= 0.6 is 0 Å². The molecule has 0 saturated heterocycles. The van der Waals surface area contributed by atoms with E-state index in [1.165, 1.54) is 0 Å². The molecule has 1 aromatic rings. The third-order valence-corrected chi connectivity index (χ3v) is 2.59. The quantitative estimate of drug-likeness (QED) is 0.787. The lowest BCUT2D eigenvalue weighted by Crippen LogP contribution is -2.27. The van der Waals surface area contributed by atoms with Gasteiger partial charge in [0, 0.05) is 24.2 Å². The third-order valence-electron chi connectivity index (χ3n) is 2.59. The number of benzene rings is 1. The minimum Gasteiger partial charge on any atom is -0.383 e. The summed E-state index contributed by atoms with van der Waals surface area (Å²) in [6.45, 7) is 0.274. The van der Waals surface area contributed by atoms with Crippen LogP contribution in [0.15, 0.2) is 36.4 Å². The number of hydrogen-bond donors (Lipinski definition) is 2. The van der Waals surface area contributed by atoms with Gasteiger partial charge in [-0.25, -0.2) is 0 Å². The van der Waals surface area contributed by atoms with Crippen molar-refractivity contribution in [3.63, 3.8) is 0 Å². The van der Waals surface area contributed by atoms with Gasteiger partial charge in [0.1, 0.15) is 5.60 Å². The van der Waals surface area contributed by atoms with Crippen molar-refractivity contribution in [3.05, 3.63) is 42.0 Å². The maximum Gasteiger partial charge on any atom is 0.266 e. The minimum atomic E-state index is -1.76. The summed E-state index contributed by atoms with van der Waals surface area (Å²) in [7, 11) is 0. The molecule has 0 aliphatic carbocycles. The highest BCUT2D eigenvalue weighted by Gasteiger charge is 2.35. The zero-order valence-electron chi connectivity index (χ0n) is 8.00. The lowest BCUT2D eigenvalue weighted by atomic mass is 9.93. The molecule has 0 spiro atoms. The molecular weight excluding hydrogens is 200 g/mol. The Balaban J connectivity index is 2.28. The van der Waals surface area contributed by atoms with E-state index in [1.54, 1.807) is 12.1 Å². The average Bonchev–Trinajstić information content (AvgIpc) is 2.56. The van der Waals surface area contributed by atoms with E-state index in [-0.39, 0.29) is 13.0 Å². The summed E-state index contributed by atoms with van der Waals surface area (Å²) in [5.74, 6) is 0. The fourth-order valence-electron chi connectivity index (χ4n) is 1.81. The summed E-state index contributed by atoms with van der Waals surface area (Å²) in [6.07, 6.45) is -1.07. The molecule has 0 aromatic heterocycles. The van der Waals surface area contributed by atoms with Gasteiger partial charge >= 0.3 is 0 Å². The summed E-state index contributed by atoms with van der Waals surface area (Å²) in [5, 5.41) is 13.1. The second kappa shape index (κ2) is 3.62. The largest absolute Gasteiger partial charge is 0.383 e. The van der Waals surface area contributed by atoms with E-state index < -0.39 is 11.7 Å². The van der Waals surface area contributed by atoms with Gasteiger partial charge in [0.2, 0.25) is 0 Å². The van der Waals surface area contributed by atoms with Crippen LogP contribution in [0.5, 0.6) is 0 Å². The van der Waals surface area contributed by atoms with Crippen LogP contribution in [0.4, 0.5) is 14.5 Å². The van der Waals surface area contributed by atoms with Gasteiger partial charge in [-0.3, -0.25) is 0 Å². The number of fused-ring (bicyclic) bond motifs is 1. The fourth-order valence-corrected chi connectivity index (χ4v) is 1.81. The molecule has 1 unspecified atom stereocenters. The Morgan fingerprint density at radius 2 is 2.20 bits per heavy atom. The highest BCUT2D eigenvalue weighted by molar-refractivity contribution is 5.59. The third kappa shape index (κ3) is 1.85. The molecule has 1 aromatic carbocycles. The van der Waals surface area contributed by atoms with Crippen LogP contribution in [0.25, 0.3) is 0 Å². The summed E-state index contributed by atoms with van der Waals surface area (Å²) in [4.78, 5) is 0. The lowest BCUT2D eigenvalue weighted by molar-refractivity contribution is 0.0603. The summed E-state index contributed by atoms with van der Waals surface area (Å²) >= 11 is 0. The van der Waals surface area contributed by atoms with E-state index >= 15 is 0 Å². The highest BCUT2D eigenvalue weighted by Crippen LogP contribution is 2.37. The van der Waals surface area contributed by atoms with Crippen LogP contribution in [0, 0.1) is 0 Å². The second-order valence-electron chi connectivity index (χ2n) is 3.63. The molecule has 2 N–H and O–H groups in total. The first-order chi connectivity index (χ1) is 7.12. The maximum absolute atomic E-state index is 12.0. The highest BCUT2D eigenvalue weighted by atomic mass is 19.3. The van der Waals surface area contributed by atoms with Crippen molar-refractivity contribution in [1.29, 1.82) is 0 Å². The maximum atomic E-state index is 12.0. The van der Waals surface area contributed by atoms with Crippen LogP contribution in [-0.4, -0.2) is 11.7 Å². The van der Waals surface area contributed by atoms with Crippen molar-refractivity contribution in [2.24, 2.45) is 0 Å². The number of aliphatic hydroxyl groups is 1. The Labute approximate surface area is 86.2 Å². The smallest absolute Gasteiger partial charge is 0.266 e. The van der Waals surface area contributed by atoms with Crippen molar-refractivity contribution in [1.82, 2.24) is 0 Å². The van der Waals surface area contributed by atoms with E-state index in [0.717, 1.165) is 11.8 Å². The number of para-hydroxylation sites is 1. The fraction of sp³-hybridized carbons (Fsp3) is 0.273. The molecule has 1 aliphatic rings. The summed E-state index contributed by atoms with van der Waals surface area (Å²) in [6, 6.07) is 7.19. The molecule has 0 saturated carbocycles. The minimum absolute atomic E-state index is 0.0701. The van der Waals surface area contributed by atoms with Crippen LogP contribution in [0.2, 0.25) is 0 Å². The predicted octanol–water partition coefficient (Wildman–Crippen LogP) is 2.47. The first-order valence-electron chi connectivity index (χ1n) is 4.69. The second-order valence-corrected chi connectivity index (χ2v) is 3.63. The number of anilines is 1. The molecule has 0 bridgehead atoms. The monoisotopic (exact) mass is 211 g/mol. The number of rotatable bonds is 2. The first-order valence-corrected chi connectivity index (χ1v) is 4.69. The lowest BCUT2D eigenvalue weighted by Gasteiger charge is -2.20. The van der Waals surface area contributed by atoms with E-state index in [0.29, 0.717) is 5.56 Å². The molecule has 1 atom stereocenters. The van der Waals surface area contributed by atoms with Gasteiger partial charge < -0.3 is 10.4 Å². The standard InChI is InChI=1S/C11H11F2NO/c12-10(13)5-6-11(15)7-14-9-4-2-1-3-8(9)11/h1-5,14-15H,6-7H2. The Hall–Kier alpha value is -1.42. The average molecular weight is 211 g/mol. The normalized spacial score (nSPS) is 23.1. The number of β-amino-alcohol motifs (C(OH)–C–C–N with tert-alkyl or cyclic N) is 1. The van der Waals surface area contributed by atoms with Gasteiger partial charge in [-0.15, -0.1) is 0 Å². The Morgan fingerprint density at radius 3 is 2.93 bits per heavy atom. The zero-order chi connectivity index (χ0) is 10.9. The van der Waals surface area contributed by atoms with Crippen molar-refractivity contribution < 1.29 is 13.9 Å². The van der Waals surface area contributed by atoms with Crippen LogP contribution in [0.1, 0.15) is 12.0 Å². The van der Waals surface area contributed by atoms with Crippen molar-refractivity contribution >= 4 is 5.69 Å². The van der Waals surface area contributed by atoms with Gasteiger partial charge in [-0.05, 0) is 12.1 Å². The molecule has 2 nitrogen and oxygen atoms in total. The Morgan fingerprint density at radius 1 is 1.47 bits per heavy atom. The molecule has 0 amide bonds. The van der Waals surface area contributed by atoms with E-state index in [4.69, 9.17) is 0 Å². The number of nitrogens with one attached hydrogen (secondary N) is 1. The molecule has 4 heteroatoms. The van der Waals surface area contributed by atoms with Crippen molar-refractivity contribution in [3.8, 4) is 0 Å². The van der Waals surface area contributed by atoms with E-state index in [1.807, 2.05) is 12.1 Å². The van der Waals surface area contributed by atoms with Crippen LogP contribution in [0.3, 0.4) is 0 Å².